The van der Waals surface area contributed by atoms with E-state index in [-0.39, 0.29) is 23.4 Å². The number of sulfonamides is 1. The smallest absolute Gasteiger partial charge is 0.344 e. The SMILES string of the molecule is CC(C)(C)c1nnc(N2CCN(S(=O)(=O)c3cccc(C(F)(F)F)c3)CC2)s1. The van der Waals surface area contributed by atoms with Crippen LogP contribution in [-0.2, 0) is 21.6 Å². The summed E-state index contributed by atoms with van der Waals surface area (Å²) in [5, 5.41) is 10.0. The summed E-state index contributed by atoms with van der Waals surface area (Å²) in [6.45, 7) is 7.25. The highest BCUT2D eigenvalue weighted by Crippen LogP contribution is 2.32. The summed E-state index contributed by atoms with van der Waals surface area (Å²) in [6.07, 6.45) is -4.59. The van der Waals surface area contributed by atoms with Gasteiger partial charge in [-0.2, -0.15) is 17.5 Å². The van der Waals surface area contributed by atoms with E-state index in [2.05, 4.69) is 10.2 Å². The summed E-state index contributed by atoms with van der Waals surface area (Å²) in [6, 6.07) is 3.85. The molecule has 2 heterocycles. The third-order valence-corrected chi connectivity index (χ3v) is 7.67. The van der Waals surface area contributed by atoms with Gasteiger partial charge in [-0.25, -0.2) is 8.42 Å². The predicted molar refractivity (Wildman–Crippen MR) is 101 cm³/mol. The number of nitrogens with zero attached hydrogens (tertiary/aromatic N) is 4. The zero-order valence-corrected chi connectivity index (χ0v) is 17.3. The van der Waals surface area contributed by atoms with Crippen LogP contribution in [0.3, 0.4) is 0 Å². The molecule has 6 nitrogen and oxygen atoms in total. The molecule has 0 aliphatic carbocycles. The van der Waals surface area contributed by atoms with E-state index in [1.807, 2.05) is 25.7 Å². The van der Waals surface area contributed by atoms with Gasteiger partial charge in [0, 0.05) is 31.6 Å². The molecule has 0 amide bonds. The van der Waals surface area contributed by atoms with Gasteiger partial charge < -0.3 is 4.90 Å². The lowest BCUT2D eigenvalue weighted by Gasteiger charge is -2.33. The average molecular weight is 435 g/mol. The molecule has 1 aliphatic heterocycles. The van der Waals surface area contributed by atoms with Crippen LogP contribution >= 0.6 is 11.3 Å². The predicted octanol–water partition coefficient (Wildman–Crippen LogP) is 3.37. The van der Waals surface area contributed by atoms with Crippen molar-refractivity contribution < 1.29 is 21.6 Å². The monoisotopic (exact) mass is 434 g/mol. The fraction of sp³-hybridized carbons (Fsp3) is 0.529. The molecule has 0 radical (unpaired) electrons. The van der Waals surface area contributed by atoms with E-state index in [0.29, 0.717) is 19.2 Å². The number of rotatable bonds is 3. The van der Waals surface area contributed by atoms with Crippen LogP contribution in [0.25, 0.3) is 0 Å². The number of hydrogen-bond acceptors (Lipinski definition) is 6. The topological polar surface area (TPSA) is 66.4 Å². The van der Waals surface area contributed by atoms with E-state index in [1.54, 1.807) is 0 Å². The fourth-order valence-electron chi connectivity index (χ4n) is 2.75. The van der Waals surface area contributed by atoms with Gasteiger partial charge in [-0.05, 0) is 18.2 Å². The Morgan fingerprint density at radius 1 is 1.04 bits per heavy atom. The van der Waals surface area contributed by atoms with E-state index < -0.39 is 21.8 Å². The minimum Gasteiger partial charge on any atom is -0.344 e. The molecular weight excluding hydrogens is 413 g/mol. The lowest BCUT2D eigenvalue weighted by molar-refractivity contribution is -0.137. The highest BCUT2D eigenvalue weighted by Gasteiger charge is 2.34. The average Bonchev–Trinajstić information content (AvgIpc) is 3.12. The number of halogens is 3. The van der Waals surface area contributed by atoms with Crippen molar-refractivity contribution in [3.63, 3.8) is 0 Å². The largest absolute Gasteiger partial charge is 0.416 e. The Balaban J connectivity index is 1.73. The summed E-state index contributed by atoms with van der Waals surface area (Å²) in [7, 11) is -3.99. The van der Waals surface area contributed by atoms with Gasteiger partial charge in [-0.3, -0.25) is 0 Å². The van der Waals surface area contributed by atoms with Crippen molar-refractivity contribution >= 4 is 26.5 Å². The van der Waals surface area contributed by atoms with Gasteiger partial charge in [-0.15, -0.1) is 10.2 Å². The van der Waals surface area contributed by atoms with Crippen LogP contribution in [0.5, 0.6) is 0 Å². The Labute approximate surface area is 166 Å². The quantitative estimate of drug-likeness (QED) is 0.741. The van der Waals surface area contributed by atoms with Crippen LogP contribution in [0.15, 0.2) is 29.2 Å². The zero-order chi connectivity index (χ0) is 20.7. The van der Waals surface area contributed by atoms with Crippen molar-refractivity contribution in [3.8, 4) is 0 Å². The van der Waals surface area contributed by atoms with Crippen LogP contribution in [0.2, 0.25) is 0 Å². The summed E-state index contributed by atoms with van der Waals surface area (Å²) >= 11 is 1.47. The second-order valence-electron chi connectivity index (χ2n) is 7.56. The molecule has 3 rings (SSSR count). The minimum atomic E-state index is -4.59. The van der Waals surface area contributed by atoms with Gasteiger partial charge in [0.05, 0.1) is 10.5 Å². The molecule has 1 saturated heterocycles. The molecule has 0 bridgehead atoms. The molecule has 11 heteroatoms. The third kappa shape index (κ3) is 4.31. The molecule has 1 aromatic carbocycles. The molecule has 0 atom stereocenters. The molecule has 28 heavy (non-hydrogen) atoms. The number of benzene rings is 1. The van der Waals surface area contributed by atoms with Crippen LogP contribution in [-0.4, -0.2) is 49.1 Å². The second-order valence-corrected chi connectivity index (χ2v) is 10.5. The highest BCUT2D eigenvalue weighted by molar-refractivity contribution is 7.89. The zero-order valence-electron chi connectivity index (χ0n) is 15.7. The molecule has 154 valence electrons. The first-order chi connectivity index (χ1) is 12.9. The van der Waals surface area contributed by atoms with Crippen molar-refractivity contribution in [3.05, 3.63) is 34.8 Å². The Morgan fingerprint density at radius 3 is 2.21 bits per heavy atom. The Kier molecular flexibility index (Phi) is 5.45. The number of hydrogen-bond donors (Lipinski definition) is 0. The Bertz CT molecular complexity index is 944. The highest BCUT2D eigenvalue weighted by atomic mass is 32.2. The van der Waals surface area contributed by atoms with Crippen molar-refractivity contribution in [1.29, 1.82) is 0 Å². The molecule has 2 aromatic rings. The van der Waals surface area contributed by atoms with E-state index in [4.69, 9.17) is 0 Å². The van der Waals surface area contributed by atoms with Crippen molar-refractivity contribution in [1.82, 2.24) is 14.5 Å². The van der Waals surface area contributed by atoms with E-state index in [0.717, 1.165) is 22.3 Å². The number of anilines is 1. The van der Waals surface area contributed by atoms with Crippen LogP contribution in [0, 0.1) is 0 Å². The second kappa shape index (κ2) is 7.27. The van der Waals surface area contributed by atoms with Crippen molar-refractivity contribution in [2.24, 2.45) is 0 Å². The third-order valence-electron chi connectivity index (χ3n) is 4.36. The van der Waals surface area contributed by atoms with Crippen LogP contribution < -0.4 is 4.90 Å². The summed E-state index contributed by atoms with van der Waals surface area (Å²) < 4.78 is 65.4. The maximum Gasteiger partial charge on any atom is 0.416 e. The molecule has 1 aromatic heterocycles. The first-order valence-corrected chi connectivity index (χ1v) is 10.9. The standard InChI is InChI=1S/C17H21F3N4O2S2/c1-16(2,3)14-21-22-15(27-14)23-7-9-24(10-8-23)28(25,26)13-6-4-5-12(11-13)17(18,19)20/h4-6,11H,7-10H2,1-3H3. The van der Waals surface area contributed by atoms with Crippen molar-refractivity contribution in [2.75, 3.05) is 31.1 Å². The number of alkyl halides is 3. The van der Waals surface area contributed by atoms with Crippen LogP contribution in [0.1, 0.15) is 31.3 Å². The summed E-state index contributed by atoms with van der Waals surface area (Å²) in [4.78, 5) is 1.60. The van der Waals surface area contributed by atoms with E-state index in [9.17, 15) is 21.6 Å². The Morgan fingerprint density at radius 2 is 1.68 bits per heavy atom. The van der Waals surface area contributed by atoms with Gasteiger partial charge >= 0.3 is 6.18 Å². The minimum absolute atomic E-state index is 0.120. The van der Waals surface area contributed by atoms with Gasteiger partial charge in [0.15, 0.2) is 0 Å². The maximum atomic E-state index is 12.9. The van der Waals surface area contributed by atoms with Crippen molar-refractivity contribution in [2.45, 2.75) is 37.3 Å². The fourth-order valence-corrected chi connectivity index (χ4v) is 5.17. The molecule has 0 N–H and O–H groups in total. The van der Waals surface area contributed by atoms with E-state index >= 15 is 0 Å². The Hall–Kier alpha value is -1.72. The molecule has 1 aliphatic rings. The summed E-state index contributed by atoms with van der Waals surface area (Å²) in [5.41, 5.74) is -1.10. The lowest BCUT2D eigenvalue weighted by atomic mass is 9.98. The molecule has 0 saturated carbocycles. The summed E-state index contributed by atoms with van der Waals surface area (Å²) in [5.74, 6) is 0. The first-order valence-electron chi connectivity index (χ1n) is 8.65. The van der Waals surface area contributed by atoms with Crippen LogP contribution in [0.4, 0.5) is 18.3 Å². The van der Waals surface area contributed by atoms with Gasteiger partial charge in [0.2, 0.25) is 15.2 Å². The van der Waals surface area contributed by atoms with E-state index in [1.165, 1.54) is 21.7 Å². The first kappa shape index (κ1) is 21.0. The molecule has 0 unspecified atom stereocenters. The van der Waals surface area contributed by atoms with Gasteiger partial charge in [0.25, 0.3) is 0 Å². The lowest BCUT2D eigenvalue weighted by Crippen LogP contribution is -2.48. The molecule has 1 fully saturated rings. The molecular formula is C17H21F3N4O2S2. The number of piperazine rings is 1. The normalized spacial score (nSPS) is 17.1. The van der Waals surface area contributed by atoms with Gasteiger partial charge in [0.1, 0.15) is 5.01 Å². The molecule has 0 spiro atoms. The van der Waals surface area contributed by atoms with Gasteiger partial charge in [-0.1, -0.05) is 38.2 Å². The number of aromatic nitrogens is 2. The maximum absolute atomic E-state index is 12.9.